The smallest absolute Gasteiger partial charge is 0.126 e. The number of hydrogen-bond donors (Lipinski definition) is 2. The molecule has 0 aliphatic heterocycles. The molecule has 0 aliphatic carbocycles. The molecule has 0 saturated heterocycles. The number of rotatable bonds is 1. The number of phenolic OH excluding ortho intramolecular Hbond substituents is 2. The van der Waals surface area contributed by atoms with Crippen LogP contribution >= 0.6 is 0 Å². The van der Waals surface area contributed by atoms with Crippen LogP contribution in [0.1, 0.15) is 33.4 Å². The van der Waals surface area contributed by atoms with Crippen LogP contribution in [0.15, 0.2) is 12.1 Å². The maximum atomic E-state index is 10.4. The monoisotopic (exact) mass is 270 g/mol. The Morgan fingerprint density at radius 2 is 0.850 bits per heavy atom. The molecule has 0 unspecified atom stereocenters. The molecule has 20 heavy (non-hydrogen) atoms. The molecule has 2 aromatic rings. The van der Waals surface area contributed by atoms with Crippen molar-refractivity contribution in [3.63, 3.8) is 0 Å². The molecule has 0 radical (unpaired) electrons. The Hall–Kier alpha value is -1.96. The lowest BCUT2D eigenvalue weighted by atomic mass is 9.91. The predicted molar refractivity (Wildman–Crippen MR) is 83.6 cm³/mol. The highest BCUT2D eigenvalue weighted by Gasteiger charge is 2.17. The van der Waals surface area contributed by atoms with E-state index in [1.165, 1.54) is 0 Å². The molecule has 2 heteroatoms. The molecule has 0 bridgehead atoms. The average molecular weight is 270 g/mol. The van der Waals surface area contributed by atoms with E-state index in [9.17, 15) is 10.2 Å². The van der Waals surface area contributed by atoms with Crippen LogP contribution in [-0.2, 0) is 0 Å². The first kappa shape index (κ1) is 14.4. The Labute approximate surface area is 120 Å². The minimum Gasteiger partial charge on any atom is -0.507 e. The zero-order chi connectivity index (χ0) is 15.2. The summed E-state index contributed by atoms with van der Waals surface area (Å²) in [6, 6.07) is 3.89. The molecule has 0 aliphatic rings. The van der Waals surface area contributed by atoms with Gasteiger partial charge in [0, 0.05) is 11.1 Å². The van der Waals surface area contributed by atoms with Gasteiger partial charge in [-0.3, -0.25) is 0 Å². The van der Waals surface area contributed by atoms with Crippen LogP contribution in [0.3, 0.4) is 0 Å². The first-order chi connectivity index (χ1) is 9.25. The van der Waals surface area contributed by atoms with Crippen molar-refractivity contribution < 1.29 is 10.2 Å². The minimum absolute atomic E-state index is 0.256. The molecule has 0 aromatic heterocycles. The lowest BCUT2D eigenvalue weighted by Crippen LogP contribution is -1.94. The summed E-state index contributed by atoms with van der Waals surface area (Å²) in [5, 5.41) is 20.8. The number of phenols is 2. The van der Waals surface area contributed by atoms with Crippen molar-refractivity contribution in [2.45, 2.75) is 41.5 Å². The second-order valence-electron chi connectivity index (χ2n) is 5.68. The van der Waals surface area contributed by atoms with Crippen LogP contribution in [0.4, 0.5) is 0 Å². The summed E-state index contributed by atoms with van der Waals surface area (Å²) in [6.45, 7) is 11.9. The van der Waals surface area contributed by atoms with Crippen molar-refractivity contribution in [3.8, 4) is 22.6 Å². The third kappa shape index (κ3) is 2.05. The SMILES string of the molecule is Cc1cc(-c2cc(C)c(C)c(C)c2O)c(O)c(C)c1C. The molecular weight excluding hydrogens is 248 g/mol. The van der Waals surface area contributed by atoms with Gasteiger partial charge in [0.05, 0.1) is 0 Å². The third-order valence-corrected chi connectivity index (χ3v) is 4.54. The van der Waals surface area contributed by atoms with Crippen LogP contribution in [0.2, 0.25) is 0 Å². The highest BCUT2D eigenvalue weighted by Crippen LogP contribution is 2.42. The van der Waals surface area contributed by atoms with Crippen LogP contribution in [0, 0.1) is 41.5 Å². The number of aromatic hydroxyl groups is 2. The quantitative estimate of drug-likeness (QED) is 0.794. The van der Waals surface area contributed by atoms with E-state index in [1.807, 2.05) is 53.7 Å². The molecular formula is C18H22O2. The number of benzene rings is 2. The topological polar surface area (TPSA) is 40.5 Å². The minimum atomic E-state index is 0.256. The van der Waals surface area contributed by atoms with Crippen molar-refractivity contribution in [3.05, 3.63) is 45.5 Å². The van der Waals surface area contributed by atoms with E-state index in [1.54, 1.807) is 0 Å². The van der Waals surface area contributed by atoms with Gasteiger partial charge in [0.25, 0.3) is 0 Å². The summed E-state index contributed by atoms with van der Waals surface area (Å²) in [6.07, 6.45) is 0. The molecule has 106 valence electrons. The second kappa shape index (κ2) is 4.86. The van der Waals surface area contributed by atoms with Crippen LogP contribution in [0.5, 0.6) is 11.5 Å². The average Bonchev–Trinajstić information content (AvgIpc) is 2.42. The maximum absolute atomic E-state index is 10.4. The number of aryl methyl sites for hydroxylation is 2. The lowest BCUT2D eigenvalue weighted by Gasteiger charge is -2.17. The summed E-state index contributed by atoms with van der Waals surface area (Å²) in [5.74, 6) is 0.511. The van der Waals surface area contributed by atoms with Gasteiger partial charge < -0.3 is 10.2 Å². The van der Waals surface area contributed by atoms with Crippen molar-refractivity contribution >= 4 is 0 Å². The molecule has 2 rings (SSSR count). The van der Waals surface area contributed by atoms with E-state index >= 15 is 0 Å². The fourth-order valence-corrected chi connectivity index (χ4v) is 2.55. The van der Waals surface area contributed by atoms with E-state index in [0.29, 0.717) is 11.1 Å². The van der Waals surface area contributed by atoms with Gasteiger partial charge in [-0.1, -0.05) is 0 Å². The van der Waals surface area contributed by atoms with E-state index < -0.39 is 0 Å². The van der Waals surface area contributed by atoms with Gasteiger partial charge in [-0.05, 0) is 87.1 Å². The summed E-state index contributed by atoms with van der Waals surface area (Å²) in [5.41, 5.74) is 7.56. The van der Waals surface area contributed by atoms with Gasteiger partial charge in [-0.25, -0.2) is 0 Å². The summed E-state index contributed by atoms with van der Waals surface area (Å²) in [7, 11) is 0. The summed E-state index contributed by atoms with van der Waals surface area (Å²) < 4.78 is 0. The van der Waals surface area contributed by atoms with Crippen molar-refractivity contribution in [2.75, 3.05) is 0 Å². The predicted octanol–water partition coefficient (Wildman–Crippen LogP) is 4.62. The normalized spacial score (nSPS) is 10.9. The zero-order valence-corrected chi connectivity index (χ0v) is 13.0. The van der Waals surface area contributed by atoms with E-state index in [0.717, 1.165) is 33.4 Å². The van der Waals surface area contributed by atoms with Crippen molar-refractivity contribution in [1.82, 2.24) is 0 Å². The third-order valence-electron chi connectivity index (χ3n) is 4.54. The molecule has 0 saturated carbocycles. The first-order valence-electron chi connectivity index (χ1n) is 6.85. The van der Waals surface area contributed by atoms with E-state index in [-0.39, 0.29) is 11.5 Å². The zero-order valence-electron chi connectivity index (χ0n) is 13.0. The lowest BCUT2D eigenvalue weighted by molar-refractivity contribution is 0.464. The Balaban J connectivity index is 2.83. The molecule has 0 amide bonds. The summed E-state index contributed by atoms with van der Waals surface area (Å²) in [4.78, 5) is 0. The van der Waals surface area contributed by atoms with Gasteiger partial charge >= 0.3 is 0 Å². The molecule has 2 N–H and O–H groups in total. The molecule has 0 spiro atoms. The molecule has 0 heterocycles. The molecule has 0 fully saturated rings. The molecule has 2 aromatic carbocycles. The van der Waals surface area contributed by atoms with Gasteiger partial charge in [-0.2, -0.15) is 0 Å². The highest BCUT2D eigenvalue weighted by molar-refractivity contribution is 5.80. The van der Waals surface area contributed by atoms with Crippen molar-refractivity contribution in [1.29, 1.82) is 0 Å². The fraction of sp³-hybridized carbons (Fsp3) is 0.333. The standard InChI is InChI=1S/C18H22O2/c1-9-7-15(17(19)13(5)11(9)3)16-8-10(2)12(4)14(6)18(16)20/h7-8,19-20H,1-6H3. The number of hydrogen-bond acceptors (Lipinski definition) is 2. The molecule has 2 nitrogen and oxygen atoms in total. The van der Waals surface area contributed by atoms with Gasteiger partial charge in [0.1, 0.15) is 11.5 Å². The Kier molecular flexibility index (Phi) is 3.51. The van der Waals surface area contributed by atoms with Crippen molar-refractivity contribution in [2.24, 2.45) is 0 Å². The van der Waals surface area contributed by atoms with Gasteiger partial charge in [0.2, 0.25) is 0 Å². The van der Waals surface area contributed by atoms with Crippen LogP contribution < -0.4 is 0 Å². The van der Waals surface area contributed by atoms with E-state index in [2.05, 4.69) is 0 Å². The second-order valence-corrected chi connectivity index (χ2v) is 5.68. The maximum Gasteiger partial charge on any atom is 0.126 e. The summed E-state index contributed by atoms with van der Waals surface area (Å²) >= 11 is 0. The van der Waals surface area contributed by atoms with Crippen LogP contribution in [-0.4, -0.2) is 10.2 Å². The Morgan fingerprint density at radius 3 is 1.15 bits per heavy atom. The van der Waals surface area contributed by atoms with E-state index in [4.69, 9.17) is 0 Å². The van der Waals surface area contributed by atoms with Crippen LogP contribution in [0.25, 0.3) is 11.1 Å². The largest absolute Gasteiger partial charge is 0.507 e. The van der Waals surface area contributed by atoms with Gasteiger partial charge in [0.15, 0.2) is 0 Å². The fourth-order valence-electron chi connectivity index (χ4n) is 2.55. The Morgan fingerprint density at radius 1 is 0.550 bits per heavy atom. The highest BCUT2D eigenvalue weighted by atomic mass is 16.3. The first-order valence-corrected chi connectivity index (χ1v) is 6.85. The molecule has 0 atom stereocenters. The van der Waals surface area contributed by atoms with Gasteiger partial charge in [-0.15, -0.1) is 0 Å². The Bertz CT molecular complexity index is 636.